The van der Waals surface area contributed by atoms with Gasteiger partial charge >= 0.3 is 0 Å². The molecule has 1 rings (SSSR count). The molecule has 0 atom stereocenters. The maximum absolute atomic E-state index is 11.6. The Morgan fingerprint density at radius 2 is 2.11 bits per heavy atom. The van der Waals surface area contributed by atoms with Crippen LogP contribution in [0.25, 0.3) is 0 Å². The van der Waals surface area contributed by atoms with Gasteiger partial charge in [0.2, 0.25) is 11.8 Å². The van der Waals surface area contributed by atoms with Gasteiger partial charge in [0.1, 0.15) is 5.75 Å². The van der Waals surface area contributed by atoms with Crippen LogP contribution in [0.2, 0.25) is 0 Å². The molecule has 0 aliphatic rings. The molecule has 0 aliphatic heterocycles. The number of carbonyl (C=O) groups excluding carboxylic acids is 2. The van der Waals surface area contributed by atoms with Gasteiger partial charge in [0, 0.05) is 19.7 Å². The van der Waals surface area contributed by atoms with Crippen molar-refractivity contribution in [2.75, 3.05) is 31.8 Å². The number of benzene rings is 1. The van der Waals surface area contributed by atoms with Gasteiger partial charge in [-0.1, -0.05) is 0 Å². The van der Waals surface area contributed by atoms with Crippen molar-refractivity contribution in [2.45, 2.75) is 6.92 Å². The number of amides is 2. The second-order valence-corrected chi connectivity index (χ2v) is 3.88. The summed E-state index contributed by atoms with van der Waals surface area (Å²) in [6.45, 7) is 1.40. The number of hydrogen-bond acceptors (Lipinski definition) is 4. The monoisotopic (exact) mass is 251 g/mol. The number of nitrogens with one attached hydrogen (secondary N) is 1. The lowest BCUT2D eigenvalue weighted by Gasteiger charge is -2.14. The first-order chi connectivity index (χ1) is 8.43. The smallest absolute Gasteiger partial charge is 0.243 e. The van der Waals surface area contributed by atoms with Crippen LogP contribution in [-0.4, -0.2) is 37.4 Å². The van der Waals surface area contributed by atoms with Gasteiger partial charge in [-0.3, -0.25) is 9.59 Å². The van der Waals surface area contributed by atoms with Gasteiger partial charge in [0.15, 0.2) is 0 Å². The van der Waals surface area contributed by atoms with Crippen LogP contribution in [0.4, 0.5) is 11.4 Å². The third-order valence-corrected chi connectivity index (χ3v) is 2.43. The highest BCUT2D eigenvalue weighted by Crippen LogP contribution is 2.24. The van der Waals surface area contributed by atoms with E-state index in [0.717, 1.165) is 0 Å². The van der Waals surface area contributed by atoms with Crippen molar-refractivity contribution < 1.29 is 14.3 Å². The highest BCUT2D eigenvalue weighted by molar-refractivity contribution is 5.94. The normalized spacial score (nSPS) is 9.72. The molecule has 1 aromatic carbocycles. The summed E-state index contributed by atoms with van der Waals surface area (Å²) in [6.07, 6.45) is 0. The molecule has 3 N–H and O–H groups in total. The molecule has 6 heteroatoms. The first-order valence-corrected chi connectivity index (χ1v) is 5.39. The van der Waals surface area contributed by atoms with Crippen molar-refractivity contribution in [3.8, 4) is 5.75 Å². The first-order valence-electron chi connectivity index (χ1n) is 5.39. The zero-order valence-electron chi connectivity index (χ0n) is 10.7. The number of nitrogens with two attached hydrogens (primary N) is 1. The molecule has 0 fully saturated rings. The summed E-state index contributed by atoms with van der Waals surface area (Å²) in [5, 5.41) is 2.65. The fraction of sp³-hybridized carbons (Fsp3) is 0.333. The van der Waals surface area contributed by atoms with Crippen LogP contribution < -0.4 is 15.8 Å². The van der Waals surface area contributed by atoms with E-state index in [2.05, 4.69) is 5.32 Å². The number of carbonyl (C=O) groups is 2. The molecule has 0 saturated carbocycles. The van der Waals surface area contributed by atoms with Gasteiger partial charge in [-0.15, -0.1) is 0 Å². The van der Waals surface area contributed by atoms with E-state index in [0.29, 0.717) is 17.1 Å². The standard InChI is InChI=1S/C12H17N3O3/c1-8(16)15(2)7-12(17)14-9-4-5-11(18-3)10(13)6-9/h4-6H,7,13H2,1-3H3,(H,14,17). The number of methoxy groups -OCH3 is 1. The Bertz CT molecular complexity index is 460. The fourth-order valence-corrected chi connectivity index (χ4v) is 1.34. The van der Waals surface area contributed by atoms with Crippen molar-refractivity contribution >= 4 is 23.2 Å². The van der Waals surface area contributed by atoms with Crippen LogP contribution in [0.3, 0.4) is 0 Å². The van der Waals surface area contributed by atoms with Crippen molar-refractivity contribution in [3.63, 3.8) is 0 Å². The number of ether oxygens (including phenoxy) is 1. The van der Waals surface area contributed by atoms with Crippen molar-refractivity contribution in [3.05, 3.63) is 18.2 Å². The average Bonchev–Trinajstić information content (AvgIpc) is 2.28. The van der Waals surface area contributed by atoms with E-state index in [9.17, 15) is 9.59 Å². The molecule has 18 heavy (non-hydrogen) atoms. The minimum atomic E-state index is -0.280. The topological polar surface area (TPSA) is 84.7 Å². The van der Waals surface area contributed by atoms with Crippen LogP contribution in [-0.2, 0) is 9.59 Å². The average molecular weight is 251 g/mol. The predicted molar refractivity (Wildman–Crippen MR) is 69.3 cm³/mol. The largest absolute Gasteiger partial charge is 0.495 e. The van der Waals surface area contributed by atoms with Crippen LogP contribution in [0, 0.1) is 0 Å². The lowest BCUT2D eigenvalue weighted by Crippen LogP contribution is -2.33. The molecule has 6 nitrogen and oxygen atoms in total. The van der Waals surface area contributed by atoms with Gasteiger partial charge in [0.25, 0.3) is 0 Å². The lowest BCUT2D eigenvalue weighted by molar-refractivity contribution is -0.131. The second kappa shape index (κ2) is 5.90. The van der Waals surface area contributed by atoms with E-state index in [-0.39, 0.29) is 18.4 Å². The molecule has 0 bridgehead atoms. The van der Waals surface area contributed by atoms with Gasteiger partial charge in [-0.05, 0) is 18.2 Å². The Kier molecular flexibility index (Phi) is 4.53. The van der Waals surface area contributed by atoms with Crippen molar-refractivity contribution in [1.82, 2.24) is 4.90 Å². The van der Waals surface area contributed by atoms with Crippen molar-refractivity contribution in [1.29, 1.82) is 0 Å². The molecule has 0 radical (unpaired) electrons. The molecule has 0 heterocycles. The summed E-state index contributed by atoms with van der Waals surface area (Å²) in [5.41, 5.74) is 6.72. The molecule has 0 spiro atoms. The molecule has 0 saturated heterocycles. The molecule has 0 aliphatic carbocycles. The number of anilines is 2. The number of hydrogen-bond donors (Lipinski definition) is 2. The van der Waals surface area contributed by atoms with Gasteiger partial charge in [0.05, 0.1) is 19.3 Å². The van der Waals surface area contributed by atoms with E-state index in [1.165, 1.54) is 18.9 Å². The Hall–Kier alpha value is -2.24. The summed E-state index contributed by atoms with van der Waals surface area (Å²) in [5.74, 6) is 0.102. The van der Waals surface area contributed by atoms with Gasteiger partial charge < -0.3 is 20.7 Å². The Labute approximate surface area is 106 Å². The first kappa shape index (κ1) is 13.8. The van der Waals surface area contributed by atoms with E-state index in [1.54, 1.807) is 25.2 Å². The summed E-state index contributed by atoms with van der Waals surface area (Å²) in [4.78, 5) is 23.9. The third kappa shape index (κ3) is 3.65. The quantitative estimate of drug-likeness (QED) is 0.771. The molecule has 0 unspecified atom stereocenters. The minimum Gasteiger partial charge on any atom is -0.495 e. The zero-order chi connectivity index (χ0) is 13.7. The van der Waals surface area contributed by atoms with Crippen molar-refractivity contribution in [2.24, 2.45) is 0 Å². The molecule has 98 valence electrons. The molecule has 2 amide bonds. The molecule has 0 aromatic heterocycles. The molecular formula is C12H17N3O3. The van der Waals surface area contributed by atoms with Gasteiger partial charge in [-0.25, -0.2) is 0 Å². The summed E-state index contributed by atoms with van der Waals surface area (Å²) in [6, 6.07) is 4.95. The third-order valence-electron chi connectivity index (χ3n) is 2.43. The zero-order valence-corrected chi connectivity index (χ0v) is 10.7. The second-order valence-electron chi connectivity index (χ2n) is 3.88. The summed E-state index contributed by atoms with van der Waals surface area (Å²) in [7, 11) is 3.08. The number of nitrogen functional groups attached to an aromatic ring is 1. The SMILES string of the molecule is COc1ccc(NC(=O)CN(C)C(C)=O)cc1N. The number of likely N-dealkylation sites (N-methyl/N-ethyl adjacent to an activating group) is 1. The number of rotatable bonds is 4. The maximum atomic E-state index is 11.6. The Morgan fingerprint density at radius 3 is 2.61 bits per heavy atom. The van der Waals surface area contributed by atoms with E-state index < -0.39 is 0 Å². The Morgan fingerprint density at radius 1 is 1.44 bits per heavy atom. The minimum absolute atomic E-state index is 0.00126. The Balaban J connectivity index is 2.65. The van der Waals surface area contributed by atoms with Crippen LogP contribution in [0.15, 0.2) is 18.2 Å². The maximum Gasteiger partial charge on any atom is 0.243 e. The molecule has 1 aromatic rings. The fourth-order valence-electron chi connectivity index (χ4n) is 1.34. The highest BCUT2D eigenvalue weighted by atomic mass is 16.5. The molecular weight excluding hydrogens is 234 g/mol. The highest BCUT2D eigenvalue weighted by Gasteiger charge is 2.09. The number of nitrogens with zero attached hydrogens (tertiary/aromatic N) is 1. The predicted octanol–water partition coefficient (Wildman–Crippen LogP) is 0.694. The summed E-state index contributed by atoms with van der Waals surface area (Å²) >= 11 is 0. The van der Waals surface area contributed by atoms with E-state index >= 15 is 0 Å². The van der Waals surface area contributed by atoms with Crippen LogP contribution in [0.1, 0.15) is 6.92 Å². The van der Waals surface area contributed by atoms with Gasteiger partial charge in [-0.2, -0.15) is 0 Å². The van der Waals surface area contributed by atoms with E-state index in [4.69, 9.17) is 10.5 Å². The lowest BCUT2D eigenvalue weighted by atomic mass is 10.2. The van der Waals surface area contributed by atoms with E-state index in [1.807, 2.05) is 0 Å². The van der Waals surface area contributed by atoms with Crippen LogP contribution >= 0.6 is 0 Å². The summed E-state index contributed by atoms with van der Waals surface area (Å²) < 4.78 is 5.01. The van der Waals surface area contributed by atoms with Crippen LogP contribution in [0.5, 0.6) is 5.75 Å².